The van der Waals surface area contributed by atoms with Gasteiger partial charge in [-0.2, -0.15) is 0 Å². The van der Waals surface area contributed by atoms with Crippen molar-refractivity contribution in [2.45, 2.75) is 19.8 Å². The number of carboxylic acid groups (broad SMARTS) is 1. The van der Waals surface area contributed by atoms with E-state index in [0.717, 1.165) is 0 Å². The Hall–Kier alpha value is -1.32. The Morgan fingerprint density at radius 1 is 1.46 bits per heavy atom. The molecule has 0 saturated carbocycles. The fourth-order valence-corrected chi connectivity index (χ4v) is 0.935. The summed E-state index contributed by atoms with van der Waals surface area (Å²) in [7, 11) is 0. The average molecular weight is 185 g/mol. The predicted octanol–water partition coefficient (Wildman–Crippen LogP) is 0.886. The number of nitrogens with zero attached hydrogens (tertiary/aromatic N) is 1. The zero-order chi connectivity index (χ0) is 10.3. The van der Waals surface area contributed by atoms with Crippen molar-refractivity contribution in [2.24, 2.45) is 0 Å². The predicted molar refractivity (Wildman–Crippen MR) is 49.3 cm³/mol. The highest BCUT2D eigenvalue weighted by Crippen LogP contribution is 1.97. The molecule has 0 aromatic carbocycles. The summed E-state index contributed by atoms with van der Waals surface area (Å²) in [6.45, 7) is 6.43. The highest BCUT2D eigenvalue weighted by molar-refractivity contribution is 5.80. The largest absolute Gasteiger partial charge is 0.481 e. The third-order valence-corrected chi connectivity index (χ3v) is 1.64. The smallest absolute Gasteiger partial charge is 0.303 e. The number of aliphatic carboxylic acids is 1. The topological polar surface area (TPSA) is 57.6 Å². The normalized spacial score (nSPS) is 9.31. The Morgan fingerprint density at radius 2 is 2.08 bits per heavy atom. The van der Waals surface area contributed by atoms with E-state index in [1.165, 1.54) is 0 Å². The van der Waals surface area contributed by atoms with Gasteiger partial charge in [0.25, 0.3) is 0 Å². The minimum atomic E-state index is -0.942. The maximum Gasteiger partial charge on any atom is 0.303 e. The van der Waals surface area contributed by atoms with Gasteiger partial charge in [-0.25, -0.2) is 0 Å². The molecule has 0 aromatic rings. The molecule has 0 aliphatic heterocycles. The molecule has 4 heteroatoms. The molecular weight excluding hydrogens is 170 g/mol. The Morgan fingerprint density at radius 3 is 2.46 bits per heavy atom. The van der Waals surface area contributed by atoms with Crippen LogP contribution in [-0.2, 0) is 9.59 Å². The molecule has 0 saturated heterocycles. The van der Waals surface area contributed by atoms with Crippen LogP contribution in [-0.4, -0.2) is 35.0 Å². The van der Waals surface area contributed by atoms with E-state index in [1.54, 1.807) is 11.0 Å². The second kappa shape index (κ2) is 6.22. The first-order chi connectivity index (χ1) is 6.11. The molecule has 0 radical (unpaired) electrons. The number of rotatable bonds is 6. The van der Waals surface area contributed by atoms with Crippen LogP contribution in [0.3, 0.4) is 0 Å². The van der Waals surface area contributed by atoms with E-state index in [-0.39, 0.29) is 18.7 Å². The minimum Gasteiger partial charge on any atom is -0.481 e. The van der Waals surface area contributed by atoms with E-state index in [4.69, 9.17) is 5.11 Å². The number of carboxylic acids is 1. The lowest BCUT2D eigenvalue weighted by Crippen LogP contribution is -2.31. The highest BCUT2D eigenvalue weighted by atomic mass is 16.4. The van der Waals surface area contributed by atoms with Crippen molar-refractivity contribution in [2.75, 3.05) is 13.1 Å². The van der Waals surface area contributed by atoms with Gasteiger partial charge in [-0.05, 0) is 6.92 Å². The lowest BCUT2D eigenvalue weighted by molar-refractivity contribution is -0.140. The number of carbonyl (C=O) groups is 2. The second-order valence-corrected chi connectivity index (χ2v) is 2.61. The first-order valence-electron chi connectivity index (χ1n) is 4.22. The van der Waals surface area contributed by atoms with Crippen LogP contribution in [0.5, 0.6) is 0 Å². The summed E-state index contributed by atoms with van der Waals surface area (Å²) in [4.78, 5) is 23.0. The van der Waals surface area contributed by atoms with Crippen LogP contribution in [0.4, 0.5) is 0 Å². The van der Waals surface area contributed by atoms with Gasteiger partial charge in [-0.15, -0.1) is 6.58 Å². The van der Waals surface area contributed by atoms with Crippen LogP contribution in [0, 0.1) is 0 Å². The van der Waals surface area contributed by atoms with Gasteiger partial charge in [0, 0.05) is 19.5 Å². The molecule has 1 amide bonds. The van der Waals surface area contributed by atoms with Gasteiger partial charge in [-0.1, -0.05) is 6.08 Å². The van der Waals surface area contributed by atoms with Gasteiger partial charge in [0.1, 0.15) is 0 Å². The number of hydrogen-bond acceptors (Lipinski definition) is 2. The van der Waals surface area contributed by atoms with Gasteiger partial charge >= 0.3 is 5.97 Å². The van der Waals surface area contributed by atoms with E-state index in [2.05, 4.69) is 6.58 Å². The standard InChI is InChI=1S/C9H15NO3/c1-3-7-10(4-2)8(11)5-6-9(12)13/h3H,1,4-7H2,2H3,(H,12,13). The summed E-state index contributed by atoms with van der Waals surface area (Å²) in [5.41, 5.74) is 0. The van der Waals surface area contributed by atoms with Crippen molar-refractivity contribution in [3.63, 3.8) is 0 Å². The molecule has 0 rings (SSSR count). The molecule has 0 heterocycles. The van der Waals surface area contributed by atoms with Crippen LogP contribution in [0.1, 0.15) is 19.8 Å². The van der Waals surface area contributed by atoms with Gasteiger partial charge in [0.2, 0.25) is 5.91 Å². The van der Waals surface area contributed by atoms with Gasteiger partial charge < -0.3 is 10.0 Å². The molecule has 0 aliphatic rings. The third-order valence-electron chi connectivity index (χ3n) is 1.64. The van der Waals surface area contributed by atoms with Crippen LogP contribution in [0.2, 0.25) is 0 Å². The molecule has 0 bridgehead atoms. The molecule has 13 heavy (non-hydrogen) atoms. The molecular formula is C9H15NO3. The number of hydrogen-bond donors (Lipinski definition) is 1. The van der Waals surface area contributed by atoms with Crippen LogP contribution >= 0.6 is 0 Å². The lowest BCUT2D eigenvalue weighted by atomic mass is 10.2. The Kier molecular flexibility index (Phi) is 5.59. The van der Waals surface area contributed by atoms with E-state index >= 15 is 0 Å². The number of likely N-dealkylation sites (N-methyl/N-ethyl adjacent to an activating group) is 1. The molecule has 0 unspecified atom stereocenters. The van der Waals surface area contributed by atoms with Crippen molar-refractivity contribution in [1.29, 1.82) is 0 Å². The van der Waals surface area contributed by atoms with Crippen LogP contribution < -0.4 is 0 Å². The van der Waals surface area contributed by atoms with E-state index in [9.17, 15) is 9.59 Å². The average Bonchev–Trinajstić information content (AvgIpc) is 2.10. The fourth-order valence-electron chi connectivity index (χ4n) is 0.935. The van der Waals surface area contributed by atoms with Crippen molar-refractivity contribution in [3.8, 4) is 0 Å². The van der Waals surface area contributed by atoms with Gasteiger partial charge in [0.05, 0.1) is 6.42 Å². The lowest BCUT2D eigenvalue weighted by Gasteiger charge is -2.18. The third kappa shape index (κ3) is 5.00. The molecule has 0 spiro atoms. The summed E-state index contributed by atoms with van der Waals surface area (Å²) in [6, 6.07) is 0. The molecule has 0 atom stereocenters. The van der Waals surface area contributed by atoms with Gasteiger partial charge in [0.15, 0.2) is 0 Å². The van der Waals surface area contributed by atoms with Crippen LogP contribution in [0.25, 0.3) is 0 Å². The maximum atomic E-state index is 11.3. The highest BCUT2D eigenvalue weighted by Gasteiger charge is 2.11. The maximum absolute atomic E-state index is 11.3. The Balaban J connectivity index is 3.90. The fraction of sp³-hybridized carbons (Fsp3) is 0.556. The van der Waals surface area contributed by atoms with Crippen molar-refractivity contribution in [3.05, 3.63) is 12.7 Å². The van der Waals surface area contributed by atoms with E-state index in [0.29, 0.717) is 13.1 Å². The molecule has 0 aliphatic carbocycles. The molecule has 74 valence electrons. The SMILES string of the molecule is C=CCN(CC)C(=O)CCC(=O)O. The zero-order valence-electron chi connectivity index (χ0n) is 7.82. The van der Waals surface area contributed by atoms with Crippen LogP contribution in [0.15, 0.2) is 12.7 Å². The molecule has 0 aromatic heterocycles. The van der Waals surface area contributed by atoms with E-state index in [1.807, 2.05) is 6.92 Å². The summed E-state index contributed by atoms with van der Waals surface area (Å²) < 4.78 is 0. The van der Waals surface area contributed by atoms with Crippen molar-refractivity contribution < 1.29 is 14.7 Å². The second-order valence-electron chi connectivity index (χ2n) is 2.61. The summed E-state index contributed by atoms with van der Waals surface area (Å²) >= 11 is 0. The molecule has 4 nitrogen and oxygen atoms in total. The Bertz CT molecular complexity index is 201. The summed E-state index contributed by atoms with van der Waals surface area (Å²) in [6.07, 6.45) is 1.59. The quantitative estimate of drug-likeness (QED) is 0.625. The summed E-state index contributed by atoms with van der Waals surface area (Å²) in [5.74, 6) is -1.08. The molecule has 0 fully saturated rings. The first kappa shape index (κ1) is 11.7. The summed E-state index contributed by atoms with van der Waals surface area (Å²) in [5, 5.41) is 8.36. The van der Waals surface area contributed by atoms with E-state index < -0.39 is 5.97 Å². The van der Waals surface area contributed by atoms with Crippen molar-refractivity contribution in [1.82, 2.24) is 4.90 Å². The zero-order valence-corrected chi connectivity index (χ0v) is 7.82. The number of carbonyl (C=O) groups excluding carboxylic acids is 1. The number of amides is 1. The minimum absolute atomic E-state index is 0.0665. The monoisotopic (exact) mass is 185 g/mol. The van der Waals surface area contributed by atoms with Crippen molar-refractivity contribution >= 4 is 11.9 Å². The first-order valence-corrected chi connectivity index (χ1v) is 4.22. The Labute approximate surface area is 77.8 Å². The van der Waals surface area contributed by atoms with Gasteiger partial charge in [-0.3, -0.25) is 9.59 Å². The molecule has 1 N–H and O–H groups in total.